The van der Waals surface area contributed by atoms with Crippen molar-refractivity contribution in [3.8, 4) is 0 Å². The van der Waals surface area contributed by atoms with E-state index in [1.165, 1.54) is 6.20 Å². The van der Waals surface area contributed by atoms with E-state index < -0.39 is 6.23 Å². The van der Waals surface area contributed by atoms with E-state index in [1.807, 2.05) is 0 Å². The number of hydrogen-bond acceptors (Lipinski definition) is 4. The second kappa shape index (κ2) is 4.08. The number of aromatic nitrogens is 2. The van der Waals surface area contributed by atoms with Crippen LogP contribution in [0.4, 0.5) is 0 Å². The lowest BCUT2D eigenvalue weighted by atomic mass is 10.4. The van der Waals surface area contributed by atoms with Crippen LogP contribution in [0.15, 0.2) is 18.6 Å². The predicted octanol–water partition coefficient (Wildman–Crippen LogP) is 0.0800. The van der Waals surface area contributed by atoms with E-state index in [-0.39, 0.29) is 0 Å². The minimum atomic E-state index is -0.667. The van der Waals surface area contributed by atoms with Crippen LogP contribution in [0, 0.1) is 0 Å². The number of hydrogen-bond donors (Lipinski definition) is 2. The zero-order valence-corrected chi connectivity index (χ0v) is 7.38. The first kappa shape index (κ1) is 9.02. The Morgan fingerprint density at radius 3 is 2.92 bits per heavy atom. The van der Waals surface area contributed by atoms with Crippen molar-refractivity contribution >= 4 is 17.2 Å². The Hall–Kier alpha value is -1.07. The van der Waals surface area contributed by atoms with Gasteiger partial charge in [-0.25, -0.2) is 0 Å². The molecule has 0 aromatic carbocycles. The molecule has 5 heteroatoms. The third-order valence-corrected chi connectivity index (χ3v) is 1.46. The average molecular weight is 183 g/mol. The van der Waals surface area contributed by atoms with Crippen molar-refractivity contribution in [1.82, 2.24) is 15.3 Å². The maximum absolute atomic E-state index is 8.94. The molecule has 0 spiro atoms. The smallest absolute Gasteiger partial charge is 0.128 e. The fourth-order valence-corrected chi connectivity index (χ4v) is 0.956. The molecule has 1 aromatic rings. The highest BCUT2D eigenvalue weighted by molar-refractivity contribution is 7.80. The highest BCUT2D eigenvalue weighted by Crippen LogP contribution is 1.92. The van der Waals surface area contributed by atoms with Crippen molar-refractivity contribution in [3.63, 3.8) is 0 Å². The van der Waals surface area contributed by atoms with Gasteiger partial charge in [-0.1, -0.05) is 12.2 Å². The third kappa shape index (κ3) is 2.52. The van der Waals surface area contributed by atoms with Crippen LogP contribution in [0.25, 0.3) is 0 Å². The Bertz CT molecular complexity index is 263. The first-order valence-electron chi connectivity index (χ1n) is 3.45. The molecule has 12 heavy (non-hydrogen) atoms. The summed E-state index contributed by atoms with van der Waals surface area (Å²) in [4.78, 5) is 8.20. The van der Waals surface area contributed by atoms with Gasteiger partial charge in [-0.3, -0.25) is 9.97 Å². The number of nitrogens with one attached hydrogen (secondary N) is 1. The summed E-state index contributed by atoms with van der Waals surface area (Å²) in [6, 6.07) is 0. The summed E-state index contributed by atoms with van der Waals surface area (Å²) in [5.41, 5.74) is 0.563. The monoisotopic (exact) mass is 183 g/mol. The van der Waals surface area contributed by atoms with Gasteiger partial charge in [0.2, 0.25) is 0 Å². The molecular formula is C7H9N3OS. The summed E-state index contributed by atoms with van der Waals surface area (Å²) in [7, 11) is 0. The van der Waals surface area contributed by atoms with Crippen LogP contribution < -0.4 is 5.32 Å². The van der Waals surface area contributed by atoms with Crippen molar-refractivity contribution in [2.24, 2.45) is 0 Å². The van der Waals surface area contributed by atoms with Crippen molar-refractivity contribution < 1.29 is 5.11 Å². The van der Waals surface area contributed by atoms with Gasteiger partial charge in [-0.05, 0) is 6.92 Å². The van der Waals surface area contributed by atoms with Crippen LogP contribution in [0.2, 0.25) is 0 Å². The molecule has 4 nitrogen and oxygen atoms in total. The van der Waals surface area contributed by atoms with E-state index in [2.05, 4.69) is 15.3 Å². The van der Waals surface area contributed by atoms with Gasteiger partial charge in [0.1, 0.15) is 16.9 Å². The summed E-state index contributed by atoms with van der Waals surface area (Å²) < 4.78 is 0. The van der Waals surface area contributed by atoms with Gasteiger partial charge in [-0.15, -0.1) is 0 Å². The van der Waals surface area contributed by atoms with Crippen molar-refractivity contribution in [2.45, 2.75) is 13.2 Å². The highest BCUT2D eigenvalue weighted by Gasteiger charge is 2.03. The number of nitrogens with zero attached hydrogens (tertiary/aromatic N) is 2. The second-order valence-electron chi connectivity index (χ2n) is 2.24. The molecule has 0 radical (unpaired) electrons. The van der Waals surface area contributed by atoms with Crippen molar-refractivity contribution in [1.29, 1.82) is 0 Å². The van der Waals surface area contributed by atoms with Gasteiger partial charge in [0.25, 0.3) is 0 Å². The maximum Gasteiger partial charge on any atom is 0.128 e. The SMILES string of the molecule is CC(O)NC(=S)c1cnccn1. The summed E-state index contributed by atoms with van der Waals surface area (Å²) >= 11 is 4.92. The number of thiocarbonyl (C=S) groups is 1. The quantitative estimate of drug-likeness (QED) is 0.502. The molecule has 0 bridgehead atoms. The number of rotatable bonds is 2. The molecule has 0 aliphatic heterocycles. The van der Waals surface area contributed by atoms with Crippen LogP contribution in [-0.2, 0) is 0 Å². The molecule has 0 aliphatic rings. The van der Waals surface area contributed by atoms with E-state index in [0.717, 1.165) is 0 Å². The molecule has 0 saturated heterocycles. The molecule has 0 aliphatic carbocycles. The normalized spacial score (nSPS) is 12.2. The molecule has 1 rings (SSSR count). The van der Waals surface area contributed by atoms with E-state index in [1.54, 1.807) is 19.3 Å². The summed E-state index contributed by atoms with van der Waals surface area (Å²) in [6.07, 6.45) is 3.98. The Morgan fingerprint density at radius 2 is 2.42 bits per heavy atom. The summed E-state index contributed by atoms with van der Waals surface area (Å²) in [5.74, 6) is 0. The van der Waals surface area contributed by atoms with Crippen LogP contribution in [0.5, 0.6) is 0 Å². The van der Waals surface area contributed by atoms with Crippen molar-refractivity contribution in [3.05, 3.63) is 24.3 Å². The Balaban J connectivity index is 2.66. The summed E-state index contributed by atoms with van der Waals surface area (Å²) in [5, 5.41) is 11.6. The van der Waals surface area contributed by atoms with E-state index >= 15 is 0 Å². The Morgan fingerprint density at radius 1 is 1.67 bits per heavy atom. The Kier molecular flexibility index (Phi) is 3.07. The molecule has 64 valence electrons. The minimum Gasteiger partial charge on any atom is -0.374 e. The first-order valence-corrected chi connectivity index (χ1v) is 3.86. The zero-order valence-electron chi connectivity index (χ0n) is 6.56. The largest absolute Gasteiger partial charge is 0.374 e. The van der Waals surface area contributed by atoms with Gasteiger partial charge in [0.05, 0.1) is 6.20 Å². The lowest BCUT2D eigenvalue weighted by Gasteiger charge is -2.08. The standard InChI is InChI=1S/C7H9N3OS/c1-5(11)10-7(12)6-4-8-2-3-9-6/h2-5,11H,1H3,(H,10,12). The average Bonchev–Trinajstić information content (AvgIpc) is 2.05. The minimum absolute atomic E-state index is 0.401. The molecule has 2 N–H and O–H groups in total. The number of aliphatic hydroxyl groups is 1. The van der Waals surface area contributed by atoms with Gasteiger partial charge >= 0.3 is 0 Å². The van der Waals surface area contributed by atoms with E-state index in [9.17, 15) is 0 Å². The molecule has 1 unspecified atom stereocenters. The van der Waals surface area contributed by atoms with E-state index in [4.69, 9.17) is 17.3 Å². The van der Waals surface area contributed by atoms with Crippen LogP contribution in [0.3, 0.4) is 0 Å². The van der Waals surface area contributed by atoms with E-state index in [0.29, 0.717) is 10.7 Å². The molecule has 0 saturated carbocycles. The predicted molar refractivity (Wildman–Crippen MR) is 48.5 cm³/mol. The number of aliphatic hydroxyl groups excluding tert-OH is 1. The molecule has 1 atom stereocenters. The van der Waals surface area contributed by atoms with Crippen LogP contribution >= 0.6 is 12.2 Å². The lowest BCUT2D eigenvalue weighted by Crippen LogP contribution is -2.31. The van der Waals surface area contributed by atoms with Gasteiger partial charge < -0.3 is 10.4 Å². The highest BCUT2D eigenvalue weighted by atomic mass is 32.1. The topological polar surface area (TPSA) is 58.0 Å². The third-order valence-electron chi connectivity index (χ3n) is 1.14. The maximum atomic E-state index is 8.94. The molecule has 0 fully saturated rings. The van der Waals surface area contributed by atoms with Crippen LogP contribution in [0.1, 0.15) is 12.6 Å². The fraction of sp³-hybridized carbons (Fsp3) is 0.286. The van der Waals surface area contributed by atoms with Crippen molar-refractivity contribution in [2.75, 3.05) is 0 Å². The molecule has 1 aromatic heterocycles. The second-order valence-corrected chi connectivity index (χ2v) is 2.65. The van der Waals surface area contributed by atoms with Gasteiger partial charge in [0, 0.05) is 12.4 Å². The molecule has 1 heterocycles. The van der Waals surface area contributed by atoms with Gasteiger partial charge in [0.15, 0.2) is 0 Å². The first-order chi connectivity index (χ1) is 5.70. The van der Waals surface area contributed by atoms with Gasteiger partial charge in [-0.2, -0.15) is 0 Å². The lowest BCUT2D eigenvalue weighted by molar-refractivity contribution is 0.181. The fourth-order valence-electron chi connectivity index (χ4n) is 0.680. The Labute approximate surface area is 75.7 Å². The zero-order chi connectivity index (χ0) is 8.97. The van der Waals surface area contributed by atoms with Crippen LogP contribution in [-0.4, -0.2) is 26.3 Å². The molecule has 0 amide bonds. The molecular weight excluding hydrogens is 174 g/mol. The summed E-state index contributed by atoms with van der Waals surface area (Å²) in [6.45, 7) is 1.59.